The number of hydrogen-bond donors (Lipinski definition) is 2. The first-order valence-corrected chi connectivity index (χ1v) is 4.24. The molecule has 1 aromatic carbocycles. The third kappa shape index (κ3) is 2.97. The summed E-state index contributed by atoms with van der Waals surface area (Å²) in [6.45, 7) is 1.83. The molecule has 0 saturated carbocycles. The Kier molecular flexibility index (Phi) is 3.34. The molecule has 0 aliphatic carbocycles. The van der Waals surface area contributed by atoms with Gasteiger partial charge in [-0.2, -0.15) is 0 Å². The molecule has 14 heavy (non-hydrogen) atoms. The quantitative estimate of drug-likeness (QED) is 0.658. The summed E-state index contributed by atoms with van der Waals surface area (Å²) in [7, 11) is 0. The number of carboxylic acid groups (broad SMARTS) is 1. The monoisotopic (exact) mass is 196 g/mol. The largest absolute Gasteiger partial charge is 0.508 e. The van der Waals surface area contributed by atoms with Gasteiger partial charge in [-0.15, -0.1) is 0 Å². The smallest absolute Gasteiger partial charge is 0.300 e. The summed E-state index contributed by atoms with van der Waals surface area (Å²) in [5, 5.41) is 16.4. The number of phenols is 1. The van der Waals surface area contributed by atoms with Gasteiger partial charge in [-0.25, -0.2) is 0 Å². The van der Waals surface area contributed by atoms with Gasteiger partial charge in [0.05, 0.1) is 6.61 Å². The van der Waals surface area contributed by atoms with E-state index < -0.39 is 5.97 Å². The van der Waals surface area contributed by atoms with E-state index in [1.54, 1.807) is 12.1 Å². The molecule has 0 spiro atoms. The van der Waals surface area contributed by atoms with Crippen LogP contribution in [-0.4, -0.2) is 22.8 Å². The van der Waals surface area contributed by atoms with Crippen LogP contribution >= 0.6 is 0 Å². The van der Waals surface area contributed by atoms with Gasteiger partial charge in [0.25, 0.3) is 5.97 Å². The van der Waals surface area contributed by atoms with Gasteiger partial charge in [0.1, 0.15) is 11.5 Å². The lowest BCUT2D eigenvalue weighted by Gasteiger charge is -1.97. The van der Waals surface area contributed by atoms with Crippen molar-refractivity contribution in [2.45, 2.75) is 13.3 Å². The second-order valence-electron chi connectivity index (χ2n) is 2.91. The highest BCUT2D eigenvalue weighted by Gasteiger charge is 2.10. The Bertz CT molecular complexity index is 329. The molecular formula is C10H12O4. The van der Waals surface area contributed by atoms with Gasteiger partial charge in [-0.05, 0) is 11.6 Å². The van der Waals surface area contributed by atoms with Crippen molar-refractivity contribution >= 4 is 5.97 Å². The van der Waals surface area contributed by atoms with Crippen molar-refractivity contribution in [3.8, 4) is 11.5 Å². The Balaban J connectivity index is 0.000000213. The van der Waals surface area contributed by atoms with Crippen molar-refractivity contribution in [2.24, 2.45) is 0 Å². The number of hydrogen-bond acceptors (Lipinski definition) is 3. The number of aromatic hydroxyl groups is 1. The minimum Gasteiger partial charge on any atom is -0.508 e. The summed E-state index contributed by atoms with van der Waals surface area (Å²) in [5.41, 5.74) is 1.19. The van der Waals surface area contributed by atoms with Crippen LogP contribution in [0, 0.1) is 0 Å². The molecule has 1 aliphatic heterocycles. The Hall–Kier alpha value is -1.71. The number of fused-ring (bicyclic) bond motifs is 1. The molecule has 1 heterocycles. The number of benzene rings is 1. The van der Waals surface area contributed by atoms with Crippen molar-refractivity contribution in [1.82, 2.24) is 0 Å². The molecule has 2 rings (SSSR count). The second-order valence-corrected chi connectivity index (χ2v) is 2.91. The summed E-state index contributed by atoms with van der Waals surface area (Å²) < 4.78 is 5.22. The fraction of sp³-hybridized carbons (Fsp3) is 0.300. The summed E-state index contributed by atoms with van der Waals surface area (Å²) >= 11 is 0. The lowest BCUT2D eigenvalue weighted by Crippen LogP contribution is -1.85. The maximum absolute atomic E-state index is 9.02. The van der Waals surface area contributed by atoms with E-state index in [2.05, 4.69) is 0 Å². The Morgan fingerprint density at radius 3 is 2.79 bits per heavy atom. The number of phenolic OH excluding ortho intramolecular Hbond substituents is 1. The lowest BCUT2D eigenvalue weighted by atomic mass is 10.2. The second kappa shape index (κ2) is 4.50. The SMILES string of the molecule is CC(=O)O.Oc1ccc2c(c1)OCC2. The highest BCUT2D eigenvalue weighted by Crippen LogP contribution is 2.28. The molecule has 2 N–H and O–H groups in total. The molecule has 0 aromatic heterocycles. The third-order valence-corrected chi connectivity index (χ3v) is 1.68. The maximum Gasteiger partial charge on any atom is 0.300 e. The molecule has 0 fully saturated rings. The van der Waals surface area contributed by atoms with Crippen LogP contribution in [0.3, 0.4) is 0 Å². The van der Waals surface area contributed by atoms with Gasteiger partial charge in [0.2, 0.25) is 0 Å². The van der Waals surface area contributed by atoms with Gasteiger partial charge in [0.15, 0.2) is 0 Å². The van der Waals surface area contributed by atoms with Gasteiger partial charge in [-0.3, -0.25) is 4.79 Å². The number of carbonyl (C=O) groups is 1. The fourth-order valence-corrected chi connectivity index (χ4v) is 1.16. The zero-order valence-corrected chi connectivity index (χ0v) is 7.86. The van der Waals surface area contributed by atoms with Gasteiger partial charge >= 0.3 is 0 Å². The predicted octanol–water partition coefficient (Wildman–Crippen LogP) is 1.42. The first-order valence-electron chi connectivity index (χ1n) is 4.24. The molecule has 0 unspecified atom stereocenters. The van der Waals surface area contributed by atoms with E-state index in [-0.39, 0.29) is 5.75 Å². The summed E-state index contributed by atoms with van der Waals surface area (Å²) in [6.07, 6.45) is 0.968. The number of aliphatic carboxylic acids is 1. The molecule has 0 bridgehead atoms. The van der Waals surface area contributed by atoms with Crippen molar-refractivity contribution in [2.75, 3.05) is 6.61 Å². The standard InChI is InChI=1S/C8H8O2.C2H4O2/c9-7-2-1-6-3-4-10-8(6)5-7;1-2(3)4/h1-2,5,9H,3-4H2;1H3,(H,3,4). The summed E-state index contributed by atoms with van der Waals surface area (Å²) in [5.74, 6) is 0.278. The zero-order chi connectivity index (χ0) is 10.6. The normalized spacial score (nSPS) is 12.1. The van der Waals surface area contributed by atoms with Crippen molar-refractivity contribution in [3.63, 3.8) is 0 Å². The number of carboxylic acids is 1. The van der Waals surface area contributed by atoms with Crippen LogP contribution in [0.25, 0.3) is 0 Å². The topological polar surface area (TPSA) is 66.8 Å². The summed E-state index contributed by atoms with van der Waals surface area (Å²) in [6, 6.07) is 5.24. The Morgan fingerprint density at radius 1 is 1.50 bits per heavy atom. The van der Waals surface area contributed by atoms with E-state index in [4.69, 9.17) is 19.7 Å². The van der Waals surface area contributed by atoms with Gasteiger partial charge < -0.3 is 14.9 Å². The highest BCUT2D eigenvalue weighted by atomic mass is 16.5. The molecule has 4 heteroatoms. The van der Waals surface area contributed by atoms with Gasteiger partial charge in [0, 0.05) is 19.4 Å². The lowest BCUT2D eigenvalue weighted by molar-refractivity contribution is -0.134. The Morgan fingerprint density at radius 2 is 2.14 bits per heavy atom. The number of ether oxygens (including phenoxy) is 1. The van der Waals surface area contributed by atoms with E-state index in [1.165, 1.54) is 5.56 Å². The molecule has 1 aromatic rings. The third-order valence-electron chi connectivity index (χ3n) is 1.68. The van der Waals surface area contributed by atoms with Crippen LogP contribution < -0.4 is 4.74 Å². The first kappa shape index (κ1) is 10.4. The first-order chi connectivity index (χ1) is 6.59. The molecule has 0 atom stereocenters. The molecular weight excluding hydrogens is 184 g/mol. The minimum absolute atomic E-state index is 0.278. The van der Waals surface area contributed by atoms with Crippen LogP contribution in [0.2, 0.25) is 0 Å². The van der Waals surface area contributed by atoms with Crippen LogP contribution in [-0.2, 0) is 11.2 Å². The van der Waals surface area contributed by atoms with Crippen LogP contribution in [0.15, 0.2) is 18.2 Å². The van der Waals surface area contributed by atoms with E-state index in [9.17, 15) is 0 Å². The summed E-state index contributed by atoms with van der Waals surface area (Å²) in [4.78, 5) is 9.00. The van der Waals surface area contributed by atoms with E-state index in [1.807, 2.05) is 6.07 Å². The minimum atomic E-state index is -0.833. The molecule has 76 valence electrons. The molecule has 0 saturated heterocycles. The van der Waals surface area contributed by atoms with Gasteiger partial charge in [-0.1, -0.05) is 6.07 Å². The van der Waals surface area contributed by atoms with Crippen LogP contribution in [0.5, 0.6) is 11.5 Å². The van der Waals surface area contributed by atoms with E-state index in [0.717, 1.165) is 25.7 Å². The Labute approximate surface area is 81.8 Å². The van der Waals surface area contributed by atoms with E-state index >= 15 is 0 Å². The highest BCUT2D eigenvalue weighted by molar-refractivity contribution is 5.62. The predicted molar refractivity (Wildman–Crippen MR) is 50.6 cm³/mol. The molecule has 0 radical (unpaired) electrons. The number of rotatable bonds is 0. The van der Waals surface area contributed by atoms with Crippen molar-refractivity contribution in [1.29, 1.82) is 0 Å². The molecule has 1 aliphatic rings. The van der Waals surface area contributed by atoms with Crippen molar-refractivity contribution in [3.05, 3.63) is 23.8 Å². The fourth-order valence-electron chi connectivity index (χ4n) is 1.16. The average Bonchev–Trinajstić information content (AvgIpc) is 2.49. The maximum atomic E-state index is 9.02. The van der Waals surface area contributed by atoms with Crippen molar-refractivity contribution < 1.29 is 19.7 Å². The van der Waals surface area contributed by atoms with Crippen LogP contribution in [0.4, 0.5) is 0 Å². The van der Waals surface area contributed by atoms with Crippen LogP contribution in [0.1, 0.15) is 12.5 Å². The molecule has 0 amide bonds. The van der Waals surface area contributed by atoms with E-state index in [0.29, 0.717) is 0 Å². The zero-order valence-electron chi connectivity index (χ0n) is 7.86. The average molecular weight is 196 g/mol. The molecule has 4 nitrogen and oxygen atoms in total.